The van der Waals surface area contributed by atoms with Crippen LogP contribution < -0.4 is 4.90 Å². The van der Waals surface area contributed by atoms with E-state index in [9.17, 15) is 13.2 Å². The van der Waals surface area contributed by atoms with Crippen molar-refractivity contribution < 1.29 is 13.2 Å². The maximum Gasteiger partial charge on any atom is 0.281 e. The number of rotatable bonds is 4. The predicted molar refractivity (Wildman–Crippen MR) is 114 cm³/mol. The minimum Gasteiger partial charge on any atom is -0.368 e. The SMILES string of the molecule is O=C([C@H]1CCCN(S(=O)(=O)N2CCCCC2)C1)N1CCN(c2ccccc2)CC1. The van der Waals surface area contributed by atoms with Crippen molar-refractivity contribution in [1.82, 2.24) is 13.5 Å². The summed E-state index contributed by atoms with van der Waals surface area (Å²) in [4.78, 5) is 17.4. The maximum absolute atomic E-state index is 13.1. The number of piperidine rings is 2. The first-order valence-electron chi connectivity index (χ1n) is 10.9. The molecule has 1 atom stereocenters. The van der Waals surface area contributed by atoms with Gasteiger partial charge in [0.2, 0.25) is 5.91 Å². The summed E-state index contributed by atoms with van der Waals surface area (Å²) in [6.45, 7) is 5.11. The Morgan fingerprint density at radius 2 is 1.45 bits per heavy atom. The molecule has 3 aliphatic rings. The van der Waals surface area contributed by atoms with Gasteiger partial charge in [0.05, 0.1) is 5.92 Å². The topological polar surface area (TPSA) is 64.2 Å². The second kappa shape index (κ2) is 9.02. The molecule has 3 aliphatic heterocycles. The van der Waals surface area contributed by atoms with Crippen molar-refractivity contribution >= 4 is 21.8 Å². The summed E-state index contributed by atoms with van der Waals surface area (Å²) in [5.74, 6) is -0.0946. The molecule has 1 aromatic carbocycles. The Hall–Kier alpha value is -1.64. The molecule has 7 nitrogen and oxygen atoms in total. The molecule has 3 saturated heterocycles. The second-order valence-corrected chi connectivity index (χ2v) is 10.2. The average Bonchev–Trinajstić information content (AvgIpc) is 2.80. The zero-order valence-electron chi connectivity index (χ0n) is 17.1. The van der Waals surface area contributed by atoms with E-state index >= 15 is 0 Å². The van der Waals surface area contributed by atoms with Gasteiger partial charge in [0, 0.05) is 58.0 Å². The zero-order valence-corrected chi connectivity index (χ0v) is 17.9. The quantitative estimate of drug-likeness (QED) is 0.745. The molecule has 0 bridgehead atoms. The Bertz CT molecular complexity index is 787. The normalized spacial score (nSPS) is 25.2. The summed E-state index contributed by atoms with van der Waals surface area (Å²) in [6, 6.07) is 10.3. The van der Waals surface area contributed by atoms with Crippen molar-refractivity contribution in [2.45, 2.75) is 32.1 Å². The molecule has 0 radical (unpaired) electrons. The number of piperazine rings is 1. The van der Waals surface area contributed by atoms with E-state index in [0.717, 1.165) is 45.2 Å². The molecule has 0 unspecified atom stereocenters. The Balaban J connectivity index is 1.34. The third-order valence-electron chi connectivity index (χ3n) is 6.41. The molecule has 3 fully saturated rings. The van der Waals surface area contributed by atoms with Crippen LogP contribution >= 0.6 is 0 Å². The monoisotopic (exact) mass is 420 g/mol. The van der Waals surface area contributed by atoms with Crippen LogP contribution in [0.5, 0.6) is 0 Å². The fraction of sp³-hybridized carbons (Fsp3) is 0.667. The third-order valence-corrected chi connectivity index (χ3v) is 8.42. The first-order chi connectivity index (χ1) is 14.1. The van der Waals surface area contributed by atoms with Crippen molar-refractivity contribution in [3.63, 3.8) is 0 Å². The van der Waals surface area contributed by atoms with Gasteiger partial charge in [-0.2, -0.15) is 17.0 Å². The predicted octanol–water partition coefficient (Wildman–Crippen LogP) is 1.78. The molecule has 0 saturated carbocycles. The van der Waals surface area contributed by atoms with E-state index < -0.39 is 10.2 Å². The number of benzene rings is 1. The minimum atomic E-state index is -3.44. The van der Waals surface area contributed by atoms with Crippen molar-refractivity contribution in [3.8, 4) is 0 Å². The van der Waals surface area contributed by atoms with Crippen molar-refractivity contribution in [1.29, 1.82) is 0 Å². The summed E-state index contributed by atoms with van der Waals surface area (Å²) in [7, 11) is -3.44. The molecule has 0 spiro atoms. The zero-order chi connectivity index (χ0) is 20.3. The van der Waals surface area contributed by atoms with E-state index in [1.165, 1.54) is 5.69 Å². The highest BCUT2D eigenvalue weighted by Gasteiger charge is 2.38. The molecule has 29 heavy (non-hydrogen) atoms. The first-order valence-corrected chi connectivity index (χ1v) is 12.3. The van der Waals surface area contributed by atoms with Crippen LogP contribution in [-0.2, 0) is 15.0 Å². The van der Waals surface area contributed by atoms with Gasteiger partial charge < -0.3 is 9.80 Å². The summed E-state index contributed by atoms with van der Waals surface area (Å²) >= 11 is 0. The number of hydrogen-bond donors (Lipinski definition) is 0. The Morgan fingerprint density at radius 3 is 2.14 bits per heavy atom. The summed E-state index contributed by atoms with van der Waals surface area (Å²) in [6.07, 6.45) is 4.50. The fourth-order valence-electron chi connectivity index (χ4n) is 4.69. The van der Waals surface area contributed by atoms with E-state index in [4.69, 9.17) is 0 Å². The van der Waals surface area contributed by atoms with Crippen LogP contribution in [0.3, 0.4) is 0 Å². The van der Waals surface area contributed by atoms with E-state index in [1.807, 2.05) is 23.1 Å². The number of carbonyl (C=O) groups excluding carboxylic acids is 1. The Labute approximate surface area is 174 Å². The van der Waals surface area contributed by atoms with Crippen LogP contribution in [0.25, 0.3) is 0 Å². The fourth-order valence-corrected chi connectivity index (χ4v) is 6.47. The first kappa shape index (κ1) is 20.6. The Kier molecular flexibility index (Phi) is 6.41. The molecule has 0 aromatic heterocycles. The van der Waals surface area contributed by atoms with E-state index in [2.05, 4.69) is 17.0 Å². The van der Waals surface area contributed by atoms with E-state index in [0.29, 0.717) is 39.3 Å². The van der Waals surface area contributed by atoms with Crippen LogP contribution in [0.2, 0.25) is 0 Å². The lowest BCUT2D eigenvalue weighted by Gasteiger charge is -2.40. The summed E-state index contributed by atoms with van der Waals surface area (Å²) in [5.41, 5.74) is 1.19. The number of nitrogens with zero attached hydrogens (tertiary/aromatic N) is 4. The minimum absolute atomic E-state index is 0.122. The van der Waals surface area contributed by atoms with Crippen LogP contribution in [0.15, 0.2) is 30.3 Å². The summed E-state index contributed by atoms with van der Waals surface area (Å²) in [5, 5.41) is 0. The van der Waals surface area contributed by atoms with Crippen molar-refractivity contribution in [2.24, 2.45) is 5.92 Å². The van der Waals surface area contributed by atoms with Crippen LogP contribution in [0, 0.1) is 5.92 Å². The van der Waals surface area contributed by atoms with Crippen molar-refractivity contribution in [2.75, 3.05) is 57.3 Å². The molecule has 160 valence electrons. The molecular weight excluding hydrogens is 388 g/mol. The average molecular weight is 421 g/mol. The smallest absolute Gasteiger partial charge is 0.281 e. The van der Waals surface area contributed by atoms with Gasteiger partial charge in [-0.1, -0.05) is 24.6 Å². The lowest BCUT2D eigenvalue weighted by Crippen LogP contribution is -2.54. The maximum atomic E-state index is 13.1. The molecule has 1 aromatic rings. The molecule has 0 aliphatic carbocycles. The highest BCUT2D eigenvalue weighted by atomic mass is 32.2. The Morgan fingerprint density at radius 1 is 0.793 bits per heavy atom. The highest BCUT2D eigenvalue weighted by Crippen LogP contribution is 2.25. The van der Waals surface area contributed by atoms with Gasteiger partial charge in [-0.25, -0.2) is 0 Å². The highest BCUT2D eigenvalue weighted by molar-refractivity contribution is 7.86. The molecule has 3 heterocycles. The number of anilines is 1. The largest absolute Gasteiger partial charge is 0.368 e. The number of para-hydroxylation sites is 1. The number of carbonyl (C=O) groups is 1. The van der Waals surface area contributed by atoms with Crippen molar-refractivity contribution in [3.05, 3.63) is 30.3 Å². The van der Waals surface area contributed by atoms with Gasteiger partial charge >= 0.3 is 0 Å². The van der Waals surface area contributed by atoms with Gasteiger partial charge in [-0.3, -0.25) is 4.79 Å². The lowest BCUT2D eigenvalue weighted by atomic mass is 9.97. The van der Waals surface area contributed by atoms with Gasteiger partial charge in [-0.05, 0) is 37.8 Å². The molecule has 1 amide bonds. The van der Waals surface area contributed by atoms with Crippen LogP contribution in [0.1, 0.15) is 32.1 Å². The van der Waals surface area contributed by atoms with Crippen LogP contribution in [-0.4, -0.2) is 80.2 Å². The second-order valence-electron chi connectivity index (χ2n) is 8.31. The van der Waals surface area contributed by atoms with Crippen LogP contribution in [0.4, 0.5) is 5.69 Å². The number of amides is 1. The van der Waals surface area contributed by atoms with Gasteiger partial charge in [0.15, 0.2) is 0 Å². The van der Waals surface area contributed by atoms with E-state index in [-0.39, 0.29) is 11.8 Å². The molecular formula is C21H32N4O3S. The standard InChI is InChI=1S/C21H32N4O3S/c26-21(23-16-14-22(15-17-23)20-9-3-1-4-10-20)19-8-7-13-25(18-19)29(27,28)24-11-5-2-6-12-24/h1,3-4,9-10,19H,2,5-8,11-18H2/t19-/m0/s1. The molecule has 0 N–H and O–H groups in total. The molecule has 4 rings (SSSR count). The van der Waals surface area contributed by atoms with Gasteiger partial charge in [-0.15, -0.1) is 0 Å². The number of hydrogen-bond acceptors (Lipinski definition) is 4. The summed E-state index contributed by atoms with van der Waals surface area (Å²) < 4.78 is 29.2. The third kappa shape index (κ3) is 4.59. The van der Waals surface area contributed by atoms with Gasteiger partial charge in [0.1, 0.15) is 0 Å². The van der Waals surface area contributed by atoms with Gasteiger partial charge in [0.25, 0.3) is 10.2 Å². The lowest BCUT2D eigenvalue weighted by molar-refractivity contribution is -0.137. The molecule has 8 heteroatoms. The van der Waals surface area contributed by atoms with E-state index in [1.54, 1.807) is 8.61 Å².